The number of benzene rings is 11. The first-order valence-corrected chi connectivity index (χ1v) is 32.1. The predicted octanol–water partition coefficient (Wildman–Crippen LogP) is 21.2. The van der Waals surface area contributed by atoms with E-state index in [0.717, 1.165) is 44.9 Å². The SMILES string of the molecule is CC.CC.CC.c1ccc(N2c3ccccc3N3c4cc(S(c5ccccc5)(c5ccccc5)c5ccc(S(c6ccccc6)(c6ccccc6)c6ccc7c(c6)n6c8ccccc8nc6n7-c6ccccc6)cc5)ccc4NC23)cc1. The smallest absolute Gasteiger partial charge is 0.220 e. The van der Waals surface area contributed by atoms with Crippen LogP contribution in [0.1, 0.15) is 41.5 Å². The second-order valence-corrected chi connectivity index (χ2v) is 25.5. The maximum atomic E-state index is 5.29. The summed E-state index contributed by atoms with van der Waals surface area (Å²) >= 11 is 0. The Morgan fingerprint density at radius 3 is 1.22 bits per heavy atom. The van der Waals surface area contributed by atoms with Gasteiger partial charge in [0.05, 0.1) is 44.8 Å². The van der Waals surface area contributed by atoms with Crippen LogP contribution in [0.3, 0.4) is 0 Å². The Hall–Kier alpha value is -9.21. The lowest BCUT2D eigenvalue weighted by molar-refractivity contribution is 0.808. The minimum Gasteiger partial charge on any atom is -0.346 e. The van der Waals surface area contributed by atoms with Gasteiger partial charge in [-0.3, -0.25) is 13.9 Å². The molecule has 0 saturated heterocycles. The highest BCUT2D eigenvalue weighted by molar-refractivity contribution is 8.34. The molecule has 8 heteroatoms. The molecule has 0 fully saturated rings. The van der Waals surface area contributed by atoms with Crippen molar-refractivity contribution in [1.29, 1.82) is 0 Å². The number of imidazole rings is 2. The average molecular weight is 1110 g/mol. The highest BCUT2D eigenvalue weighted by atomic mass is 32.3. The lowest BCUT2D eigenvalue weighted by Crippen LogP contribution is -2.40. The lowest BCUT2D eigenvalue weighted by atomic mass is 10.2. The molecule has 406 valence electrons. The molecule has 1 unspecified atom stereocenters. The summed E-state index contributed by atoms with van der Waals surface area (Å²) in [4.78, 5) is 20.3. The van der Waals surface area contributed by atoms with Gasteiger partial charge < -0.3 is 10.2 Å². The van der Waals surface area contributed by atoms with Gasteiger partial charge in [-0.1, -0.05) is 175 Å². The van der Waals surface area contributed by atoms with Crippen LogP contribution in [0.15, 0.2) is 330 Å². The Morgan fingerprint density at radius 2 is 0.707 bits per heavy atom. The van der Waals surface area contributed by atoms with Gasteiger partial charge in [-0.25, -0.2) is 4.98 Å². The van der Waals surface area contributed by atoms with Crippen molar-refractivity contribution in [2.75, 3.05) is 15.1 Å². The van der Waals surface area contributed by atoms with E-state index in [1.54, 1.807) is 0 Å². The van der Waals surface area contributed by atoms with Gasteiger partial charge in [0, 0.05) is 50.5 Å². The Bertz CT molecular complexity index is 4190. The number of nitrogens with zero attached hydrogens (tertiary/aromatic N) is 5. The van der Waals surface area contributed by atoms with Crippen molar-refractivity contribution in [3.05, 3.63) is 291 Å². The predicted molar refractivity (Wildman–Crippen MR) is 348 cm³/mol. The van der Waals surface area contributed by atoms with E-state index < -0.39 is 20.1 Å². The summed E-state index contributed by atoms with van der Waals surface area (Å²) in [5, 5.41) is 3.96. The third-order valence-electron chi connectivity index (χ3n) is 15.2. The minimum absolute atomic E-state index is 0.117. The normalized spacial score (nSPS) is 13.6. The topological polar surface area (TPSA) is 40.7 Å². The molecule has 6 nitrogen and oxygen atoms in total. The Morgan fingerprint density at radius 1 is 0.317 bits per heavy atom. The molecule has 2 aliphatic heterocycles. The number of fused-ring (bicyclic) bond motifs is 10. The van der Waals surface area contributed by atoms with Gasteiger partial charge >= 0.3 is 0 Å². The molecule has 0 amide bonds. The van der Waals surface area contributed by atoms with Crippen LogP contribution < -0.4 is 15.1 Å². The lowest BCUT2D eigenvalue weighted by Gasteiger charge is -2.44. The molecule has 1 N–H and O–H groups in total. The zero-order valence-corrected chi connectivity index (χ0v) is 49.0. The van der Waals surface area contributed by atoms with Crippen LogP contribution in [0.5, 0.6) is 0 Å². The Balaban J connectivity index is 0.00000108. The molecule has 0 radical (unpaired) electrons. The van der Waals surface area contributed by atoms with Gasteiger partial charge in [0.2, 0.25) is 5.78 Å². The van der Waals surface area contributed by atoms with Crippen molar-refractivity contribution in [3.8, 4) is 5.69 Å². The van der Waals surface area contributed by atoms with Crippen LogP contribution in [0.4, 0.5) is 28.4 Å². The van der Waals surface area contributed by atoms with Gasteiger partial charge in [0.1, 0.15) is 0 Å². The fourth-order valence-corrected chi connectivity index (χ4v) is 19.8. The summed E-state index contributed by atoms with van der Waals surface area (Å²) in [6.07, 6.45) is -0.117. The number of nitrogens with one attached hydrogen (secondary N) is 1. The molecule has 0 aliphatic carbocycles. The van der Waals surface area contributed by atoms with E-state index in [0.29, 0.717) is 0 Å². The molecule has 2 aromatic heterocycles. The third kappa shape index (κ3) is 8.55. The van der Waals surface area contributed by atoms with E-state index >= 15 is 0 Å². The zero-order valence-electron chi connectivity index (χ0n) is 47.3. The molecule has 4 heterocycles. The molecule has 2 aliphatic rings. The van der Waals surface area contributed by atoms with Gasteiger partial charge in [-0.2, -0.15) is 0 Å². The monoisotopic (exact) mass is 1100 g/mol. The Labute approximate surface area is 486 Å². The number of para-hydroxylation sites is 6. The van der Waals surface area contributed by atoms with E-state index in [1.165, 1.54) is 56.2 Å². The number of anilines is 5. The molecule has 13 aromatic rings. The highest BCUT2D eigenvalue weighted by Gasteiger charge is 2.44. The van der Waals surface area contributed by atoms with Crippen LogP contribution in [-0.4, -0.2) is 20.2 Å². The van der Waals surface area contributed by atoms with E-state index in [1.807, 2.05) is 41.5 Å². The van der Waals surface area contributed by atoms with Crippen molar-refractivity contribution in [2.45, 2.75) is 87.0 Å². The second kappa shape index (κ2) is 23.1. The fourth-order valence-electron chi connectivity index (χ4n) is 12.1. The molecular formula is C74H68N6S2. The fraction of sp³-hybridized carbons (Fsp3) is 0.0946. The van der Waals surface area contributed by atoms with Gasteiger partial charge in [-0.15, -0.1) is 20.1 Å². The van der Waals surface area contributed by atoms with Crippen LogP contribution in [0.2, 0.25) is 0 Å². The highest BCUT2D eigenvalue weighted by Crippen LogP contribution is 2.77. The molecule has 82 heavy (non-hydrogen) atoms. The largest absolute Gasteiger partial charge is 0.346 e. The van der Waals surface area contributed by atoms with Gasteiger partial charge in [0.25, 0.3) is 0 Å². The average Bonchev–Trinajstić information content (AvgIpc) is 3.70. The summed E-state index contributed by atoms with van der Waals surface area (Å²) in [5.41, 5.74) is 11.1. The molecule has 1 atom stereocenters. The maximum absolute atomic E-state index is 5.29. The maximum Gasteiger partial charge on any atom is 0.220 e. The molecule has 0 bridgehead atoms. The third-order valence-corrected chi connectivity index (χ3v) is 23.0. The van der Waals surface area contributed by atoms with Gasteiger partial charge in [0.15, 0.2) is 6.29 Å². The summed E-state index contributed by atoms with van der Waals surface area (Å²) in [6.45, 7) is 12.0. The van der Waals surface area contributed by atoms with Crippen LogP contribution in [-0.2, 0) is 0 Å². The number of rotatable bonds is 10. The van der Waals surface area contributed by atoms with Crippen LogP contribution >= 0.6 is 20.1 Å². The zero-order chi connectivity index (χ0) is 56.2. The summed E-state index contributed by atoms with van der Waals surface area (Å²) in [5.74, 6) is 0.894. The molecule has 0 spiro atoms. The van der Waals surface area contributed by atoms with Gasteiger partial charge in [-0.05, 0) is 158 Å². The number of hydrogen-bond donors (Lipinski definition) is 1. The number of aromatic nitrogens is 3. The van der Waals surface area contributed by atoms with Crippen molar-refractivity contribution in [3.63, 3.8) is 0 Å². The first kappa shape index (κ1) is 53.4. The van der Waals surface area contributed by atoms with E-state index in [-0.39, 0.29) is 6.29 Å². The quantitative estimate of drug-likeness (QED) is 0.148. The molecular weight excluding hydrogens is 1040 g/mol. The second-order valence-electron chi connectivity index (χ2n) is 19.3. The van der Waals surface area contributed by atoms with Crippen LogP contribution in [0, 0.1) is 0 Å². The number of hydrogen-bond acceptors (Lipinski definition) is 4. The minimum atomic E-state index is -2.15. The van der Waals surface area contributed by atoms with E-state index in [9.17, 15) is 0 Å². The van der Waals surface area contributed by atoms with Crippen molar-refractivity contribution < 1.29 is 0 Å². The molecule has 11 aromatic carbocycles. The summed E-state index contributed by atoms with van der Waals surface area (Å²) in [6, 6.07) is 108. The van der Waals surface area contributed by atoms with Crippen molar-refractivity contribution >= 4 is 76.3 Å². The first-order chi connectivity index (χ1) is 40.7. The molecule has 15 rings (SSSR count). The Kier molecular flexibility index (Phi) is 15.1. The summed E-state index contributed by atoms with van der Waals surface area (Å²) in [7, 11) is -4.27. The van der Waals surface area contributed by atoms with E-state index in [2.05, 4.69) is 315 Å². The van der Waals surface area contributed by atoms with E-state index in [4.69, 9.17) is 4.98 Å². The summed E-state index contributed by atoms with van der Waals surface area (Å²) < 4.78 is 4.67. The standard InChI is InChI=1S/C68H50N6S2.3C2H6/c1-7-23-49(24-8-1)71-62-37-21-22-38-63(62)74-65-47-57(43-45-60(65)70-68(71)74)75(51-27-11-3-12-28-51,52-29-13-4-14-30-52)55-39-41-56(42-40-55)76(53-31-15-5-16-32-53,54-33-17-6-18-34-54)58-44-46-64-66(48-58)73-61-36-20-19-35-59(61)69-67(73)72(64)50-25-9-2-10-26-50;3*1-2/h1-48,68,70H;3*1-2H3. The first-order valence-electron chi connectivity index (χ1n) is 28.8. The van der Waals surface area contributed by atoms with Crippen molar-refractivity contribution in [1.82, 2.24) is 14.0 Å². The van der Waals surface area contributed by atoms with Crippen molar-refractivity contribution in [2.24, 2.45) is 0 Å². The molecule has 0 saturated carbocycles. The van der Waals surface area contributed by atoms with Crippen LogP contribution in [0.25, 0.3) is 33.5 Å².